The van der Waals surface area contributed by atoms with Crippen LogP contribution < -0.4 is 10.2 Å². The lowest BCUT2D eigenvalue weighted by molar-refractivity contribution is -0.125. The summed E-state index contributed by atoms with van der Waals surface area (Å²) < 4.78 is 0. The van der Waals surface area contributed by atoms with Gasteiger partial charge in [-0.3, -0.25) is 9.59 Å². The molecule has 0 saturated heterocycles. The van der Waals surface area contributed by atoms with E-state index in [2.05, 4.69) is 34.6 Å². The van der Waals surface area contributed by atoms with Gasteiger partial charge in [-0.1, -0.05) is 42.5 Å². The minimum absolute atomic E-state index is 0.0157. The highest BCUT2D eigenvalue weighted by atomic mass is 16.2. The Balaban J connectivity index is 1.26. The molecule has 0 spiro atoms. The number of pyridine rings is 1. The maximum absolute atomic E-state index is 12.9. The maximum Gasteiger partial charge on any atom is 0.246 e. The zero-order valence-corrected chi connectivity index (χ0v) is 19.8. The van der Waals surface area contributed by atoms with Crippen molar-refractivity contribution in [2.45, 2.75) is 32.2 Å². The summed E-state index contributed by atoms with van der Waals surface area (Å²) in [6.07, 6.45) is 18.1. The van der Waals surface area contributed by atoms with Gasteiger partial charge in [0.1, 0.15) is 5.82 Å². The quantitative estimate of drug-likeness (QED) is 0.653. The Hall–Kier alpha value is -3.93. The van der Waals surface area contributed by atoms with Gasteiger partial charge in [-0.25, -0.2) is 4.98 Å². The van der Waals surface area contributed by atoms with Crippen molar-refractivity contribution in [2.24, 2.45) is 0 Å². The van der Waals surface area contributed by atoms with Crippen molar-refractivity contribution in [2.75, 3.05) is 29.9 Å². The van der Waals surface area contributed by atoms with Gasteiger partial charge in [0.15, 0.2) is 0 Å². The molecule has 0 radical (unpaired) electrons. The number of aromatic nitrogens is 1. The number of benzene rings is 1. The number of fused-ring (bicyclic) bond motifs is 1. The van der Waals surface area contributed by atoms with Crippen LogP contribution in [0.2, 0.25) is 0 Å². The molecule has 178 valence electrons. The summed E-state index contributed by atoms with van der Waals surface area (Å²) in [7, 11) is 0. The number of allylic oxidation sites excluding steroid dienone is 4. The summed E-state index contributed by atoms with van der Waals surface area (Å²) in [4.78, 5) is 33.7. The molecular weight excluding hydrogens is 436 g/mol. The van der Waals surface area contributed by atoms with E-state index in [1.807, 2.05) is 52.3 Å². The summed E-state index contributed by atoms with van der Waals surface area (Å²) in [5, 5.41) is 2.90. The molecule has 1 aliphatic carbocycles. The number of nitrogens with zero attached hydrogens (tertiary/aromatic N) is 3. The van der Waals surface area contributed by atoms with Crippen molar-refractivity contribution < 1.29 is 9.59 Å². The normalized spacial score (nSPS) is 18.3. The molecule has 35 heavy (non-hydrogen) atoms. The summed E-state index contributed by atoms with van der Waals surface area (Å²) in [6.45, 7) is 2.28. The highest BCUT2D eigenvalue weighted by Gasteiger charge is 2.21. The first kappa shape index (κ1) is 22.8. The Kier molecular flexibility index (Phi) is 6.89. The molecule has 0 fully saturated rings. The first-order valence-electron chi connectivity index (χ1n) is 12.3. The second-order valence-electron chi connectivity index (χ2n) is 9.08. The predicted molar refractivity (Wildman–Crippen MR) is 140 cm³/mol. The molecule has 2 aromatic rings. The highest BCUT2D eigenvalue weighted by molar-refractivity contribution is 5.95. The van der Waals surface area contributed by atoms with Gasteiger partial charge in [0.05, 0.1) is 6.54 Å². The first-order chi connectivity index (χ1) is 17.2. The average Bonchev–Trinajstić information content (AvgIpc) is 3.24. The number of carbonyl (C=O) groups excluding carboxylic acids is 2. The number of nitrogens with one attached hydrogen (secondary N) is 1. The van der Waals surface area contributed by atoms with Gasteiger partial charge < -0.3 is 15.1 Å². The highest BCUT2D eigenvalue weighted by Crippen LogP contribution is 2.25. The number of para-hydroxylation sites is 1. The summed E-state index contributed by atoms with van der Waals surface area (Å²) in [5.41, 5.74) is 5.41. The molecule has 0 atom stereocenters. The fraction of sp³-hybridized carbons (Fsp3) is 0.276. The molecule has 6 nitrogen and oxygen atoms in total. The summed E-state index contributed by atoms with van der Waals surface area (Å²) in [5.74, 6) is 0.503. The Bertz CT molecular complexity index is 1230. The Morgan fingerprint density at radius 1 is 1.03 bits per heavy atom. The Morgan fingerprint density at radius 2 is 1.91 bits per heavy atom. The molecule has 6 heteroatoms. The van der Waals surface area contributed by atoms with E-state index in [-0.39, 0.29) is 18.4 Å². The van der Waals surface area contributed by atoms with Crippen LogP contribution in [0.5, 0.6) is 0 Å². The number of hydrogen-bond donors (Lipinski definition) is 1. The van der Waals surface area contributed by atoms with E-state index in [9.17, 15) is 9.59 Å². The molecule has 5 rings (SSSR count). The molecule has 1 aromatic carbocycles. The molecule has 1 N–H and O–H groups in total. The predicted octanol–water partition coefficient (Wildman–Crippen LogP) is 4.88. The van der Waals surface area contributed by atoms with E-state index in [0.717, 1.165) is 55.6 Å². The van der Waals surface area contributed by atoms with Crippen molar-refractivity contribution in [1.82, 2.24) is 9.88 Å². The van der Waals surface area contributed by atoms with Crippen LogP contribution in [0.1, 0.15) is 36.8 Å². The van der Waals surface area contributed by atoms with E-state index >= 15 is 0 Å². The van der Waals surface area contributed by atoms with E-state index in [4.69, 9.17) is 0 Å². The number of anilines is 2. The van der Waals surface area contributed by atoms with Gasteiger partial charge in [-0.05, 0) is 66.7 Å². The van der Waals surface area contributed by atoms with Crippen LogP contribution in [0.4, 0.5) is 11.5 Å². The smallest absolute Gasteiger partial charge is 0.246 e. The van der Waals surface area contributed by atoms with Crippen LogP contribution in [0, 0.1) is 0 Å². The number of carbonyl (C=O) groups is 2. The second-order valence-corrected chi connectivity index (χ2v) is 9.08. The van der Waals surface area contributed by atoms with Gasteiger partial charge in [0.2, 0.25) is 11.8 Å². The molecular formula is C29H30N4O2. The Morgan fingerprint density at radius 3 is 2.74 bits per heavy atom. The zero-order chi connectivity index (χ0) is 24.0. The average molecular weight is 467 g/mol. The fourth-order valence-electron chi connectivity index (χ4n) is 4.75. The minimum atomic E-state index is -0.0906. The second kappa shape index (κ2) is 10.6. The SMILES string of the molecule is O=C1CN(c2ccccc2)Cc2cc(/C=C/C(=O)N3CCC=C(C4=CCCC=C4)CC3)cnc2N1. The van der Waals surface area contributed by atoms with Crippen LogP contribution >= 0.6 is 0 Å². The lowest BCUT2D eigenvalue weighted by Gasteiger charge is -2.21. The molecule has 2 amide bonds. The van der Waals surface area contributed by atoms with Crippen LogP contribution in [0.3, 0.4) is 0 Å². The minimum Gasteiger partial charge on any atom is -0.358 e. The number of amides is 2. The fourth-order valence-corrected chi connectivity index (χ4v) is 4.75. The molecule has 0 unspecified atom stereocenters. The topological polar surface area (TPSA) is 65.5 Å². The lowest BCUT2D eigenvalue weighted by Crippen LogP contribution is -2.30. The Labute approximate surface area is 206 Å². The van der Waals surface area contributed by atoms with Crippen LogP contribution in [0.25, 0.3) is 6.08 Å². The van der Waals surface area contributed by atoms with Crippen LogP contribution in [-0.4, -0.2) is 41.3 Å². The standard InChI is InChI=1S/C29H30N4O2/c34-27-21-33(26-11-5-2-6-12-26)20-25-18-22(19-30-29(25)31-27)13-14-28(35)32-16-7-10-24(15-17-32)23-8-3-1-4-9-23/h2-3,5-6,8-14,18-19H,1,4,7,15-17,20-21H2,(H,30,31,34)/b14-13+. The molecule has 2 aliphatic heterocycles. The van der Waals surface area contributed by atoms with Gasteiger partial charge in [0, 0.05) is 43.2 Å². The molecule has 3 aliphatic rings. The summed E-state index contributed by atoms with van der Waals surface area (Å²) in [6, 6.07) is 11.9. The lowest BCUT2D eigenvalue weighted by atomic mass is 9.97. The largest absolute Gasteiger partial charge is 0.358 e. The zero-order valence-electron chi connectivity index (χ0n) is 19.8. The van der Waals surface area contributed by atoms with Gasteiger partial charge in [-0.2, -0.15) is 0 Å². The maximum atomic E-state index is 12.9. The number of rotatable bonds is 4. The van der Waals surface area contributed by atoms with E-state index in [1.54, 1.807) is 12.3 Å². The van der Waals surface area contributed by atoms with E-state index in [0.29, 0.717) is 12.4 Å². The first-order valence-corrected chi connectivity index (χ1v) is 12.3. The van der Waals surface area contributed by atoms with E-state index in [1.165, 1.54) is 11.1 Å². The third-order valence-corrected chi connectivity index (χ3v) is 6.60. The van der Waals surface area contributed by atoms with Crippen LogP contribution in [-0.2, 0) is 16.1 Å². The van der Waals surface area contributed by atoms with Crippen molar-refractivity contribution >= 4 is 29.4 Å². The third-order valence-electron chi connectivity index (χ3n) is 6.60. The van der Waals surface area contributed by atoms with Crippen molar-refractivity contribution in [1.29, 1.82) is 0 Å². The van der Waals surface area contributed by atoms with Gasteiger partial charge in [-0.15, -0.1) is 0 Å². The van der Waals surface area contributed by atoms with E-state index < -0.39 is 0 Å². The van der Waals surface area contributed by atoms with Crippen molar-refractivity contribution in [3.8, 4) is 0 Å². The number of hydrogen-bond acceptors (Lipinski definition) is 4. The van der Waals surface area contributed by atoms with Crippen molar-refractivity contribution in [3.63, 3.8) is 0 Å². The third kappa shape index (κ3) is 5.60. The molecule has 0 bridgehead atoms. The monoisotopic (exact) mass is 466 g/mol. The molecule has 3 heterocycles. The van der Waals surface area contributed by atoms with Gasteiger partial charge in [0.25, 0.3) is 0 Å². The summed E-state index contributed by atoms with van der Waals surface area (Å²) >= 11 is 0. The molecule has 1 aromatic heterocycles. The van der Waals surface area contributed by atoms with Gasteiger partial charge >= 0.3 is 0 Å². The van der Waals surface area contributed by atoms with Crippen molar-refractivity contribution in [3.05, 3.63) is 95.2 Å². The molecule has 0 saturated carbocycles. The van der Waals surface area contributed by atoms with Crippen LogP contribution in [0.15, 0.2) is 84.1 Å².